The van der Waals surface area contributed by atoms with Gasteiger partial charge < -0.3 is 19.6 Å². The predicted molar refractivity (Wildman–Crippen MR) is 77.9 cm³/mol. The molecule has 1 aromatic carbocycles. The van der Waals surface area contributed by atoms with E-state index in [9.17, 15) is 14.4 Å². The van der Waals surface area contributed by atoms with Gasteiger partial charge in [-0.15, -0.1) is 0 Å². The average Bonchev–Trinajstić information content (AvgIpc) is 2.50. The first kappa shape index (κ1) is 15.7. The standard InChI is InChI=1S/C15H15NO6/c1-9(14(18)19)21-7-6-16-13(17)11-8-10-4-2-3-5-12(10)22-15(11)20/h2-5,8-9H,6-7H2,1H3,(H,16,17)(H,18,19). The number of ether oxygens (including phenoxy) is 1. The van der Waals surface area contributed by atoms with E-state index in [1.807, 2.05) is 0 Å². The summed E-state index contributed by atoms with van der Waals surface area (Å²) < 4.78 is 10.0. The summed E-state index contributed by atoms with van der Waals surface area (Å²) in [6, 6.07) is 8.32. The van der Waals surface area contributed by atoms with E-state index in [-0.39, 0.29) is 18.7 Å². The SMILES string of the molecule is CC(OCCNC(=O)c1cc2ccccc2oc1=O)C(=O)O. The first-order chi connectivity index (χ1) is 10.5. The molecule has 0 bridgehead atoms. The molecular weight excluding hydrogens is 290 g/mol. The molecule has 0 radical (unpaired) electrons. The fraction of sp³-hybridized carbons (Fsp3) is 0.267. The monoisotopic (exact) mass is 305 g/mol. The summed E-state index contributed by atoms with van der Waals surface area (Å²) in [6.45, 7) is 1.50. The second-order valence-corrected chi connectivity index (χ2v) is 4.59. The van der Waals surface area contributed by atoms with Crippen molar-refractivity contribution in [2.45, 2.75) is 13.0 Å². The van der Waals surface area contributed by atoms with Crippen molar-refractivity contribution in [2.24, 2.45) is 0 Å². The Balaban J connectivity index is 1.99. The van der Waals surface area contributed by atoms with Crippen molar-refractivity contribution < 1.29 is 23.8 Å². The van der Waals surface area contributed by atoms with Crippen LogP contribution in [0.2, 0.25) is 0 Å². The van der Waals surface area contributed by atoms with Crippen LogP contribution in [0.15, 0.2) is 39.5 Å². The molecule has 116 valence electrons. The molecule has 2 aromatic rings. The second-order valence-electron chi connectivity index (χ2n) is 4.59. The summed E-state index contributed by atoms with van der Waals surface area (Å²) in [7, 11) is 0. The second kappa shape index (κ2) is 6.86. The Morgan fingerprint density at radius 1 is 1.36 bits per heavy atom. The van der Waals surface area contributed by atoms with Gasteiger partial charge in [0.2, 0.25) is 0 Å². The molecule has 0 aliphatic carbocycles. The van der Waals surface area contributed by atoms with Crippen LogP contribution in [0.5, 0.6) is 0 Å². The quantitative estimate of drug-likeness (QED) is 0.609. The summed E-state index contributed by atoms with van der Waals surface area (Å²) in [5.41, 5.74) is -0.427. The van der Waals surface area contributed by atoms with Crippen molar-refractivity contribution in [1.29, 1.82) is 0 Å². The summed E-state index contributed by atoms with van der Waals surface area (Å²) in [4.78, 5) is 34.3. The van der Waals surface area contributed by atoms with Gasteiger partial charge in [0.25, 0.3) is 5.91 Å². The third-order valence-corrected chi connectivity index (χ3v) is 2.99. The normalized spacial score (nSPS) is 12.0. The van der Waals surface area contributed by atoms with Crippen LogP contribution in [0.1, 0.15) is 17.3 Å². The Bertz CT molecular complexity index is 751. The first-order valence-corrected chi connectivity index (χ1v) is 6.64. The van der Waals surface area contributed by atoms with E-state index in [2.05, 4.69) is 5.32 Å². The number of hydrogen-bond donors (Lipinski definition) is 2. The molecule has 7 nitrogen and oxygen atoms in total. The van der Waals surface area contributed by atoms with Crippen molar-refractivity contribution in [3.8, 4) is 0 Å². The molecule has 22 heavy (non-hydrogen) atoms. The van der Waals surface area contributed by atoms with Crippen LogP contribution < -0.4 is 10.9 Å². The van der Waals surface area contributed by atoms with E-state index < -0.39 is 23.6 Å². The Labute approximate surface area is 125 Å². The van der Waals surface area contributed by atoms with Gasteiger partial charge in [0.05, 0.1) is 6.61 Å². The fourth-order valence-corrected chi connectivity index (χ4v) is 1.79. The van der Waals surface area contributed by atoms with Crippen molar-refractivity contribution in [2.75, 3.05) is 13.2 Å². The van der Waals surface area contributed by atoms with Crippen LogP contribution in [0.25, 0.3) is 11.0 Å². The molecule has 1 atom stereocenters. The maximum absolute atomic E-state index is 11.9. The van der Waals surface area contributed by atoms with Crippen LogP contribution in [-0.4, -0.2) is 36.2 Å². The zero-order valence-electron chi connectivity index (χ0n) is 11.9. The summed E-state index contributed by atoms with van der Waals surface area (Å²) in [5.74, 6) is -1.67. The maximum atomic E-state index is 11.9. The fourth-order valence-electron chi connectivity index (χ4n) is 1.79. The highest BCUT2D eigenvalue weighted by Gasteiger charge is 2.14. The van der Waals surface area contributed by atoms with Gasteiger partial charge in [-0.05, 0) is 19.1 Å². The summed E-state index contributed by atoms with van der Waals surface area (Å²) in [5, 5.41) is 11.8. The molecule has 0 saturated heterocycles. The van der Waals surface area contributed by atoms with Crippen molar-refractivity contribution in [1.82, 2.24) is 5.32 Å². The van der Waals surface area contributed by atoms with Crippen LogP contribution in [0.4, 0.5) is 0 Å². The minimum Gasteiger partial charge on any atom is -0.479 e. The van der Waals surface area contributed by atoms with E-state index in [1.54, 1.807) is 24.3 Å². The largest absolute Gasteiger partial charge is 0.479 e. The predicted octanol–water partition coefficient (Wildman–Crippen LogP) is 1.01. The molecule has 2 N–H and O–H groups in total. The molecule has 1 aromatic heterocycles. The Hall–Kier alpha value is -2.67. The average molecular weight is 305 g/mol. The molecule has 0 spiro atoms. The maximum Gasteiger partial charge on any atom is 0.349 e. The van der Waals surface area contributed by atoms with Gasteiger partial charge in [-0.2, -0.15) is 0 Å². The van der Waals surface area contributed by atoms with Crippen LogP contribution in [0.3, 0.4) is 0 Å². The van der Waals surface area contributed by atoms with E-state index in [4.69, 9.17) is 14.3 Å². The Morgan fingerprint density at radius 3 is 2.82 bits per heavy atom. The van der Waals surface area contributed by atoms with Crippen LogP contribution >= 0.6 is 0 Å². The Morgan fingerprint density at radius 2 is 2.09 bits per heavy atom. The highest BCUT2D eigenvalue weighted by atomic mass is 16.5. The van der Waals surface area contributed by atoms with Gasteiger partial charge in [-0.1, -0.05) is 18.2 Å². The van der Waals surface area contributed by atoms with Gasteiger partial charge in [-0.25, -0.2) is 9.59 Å². The van der Waals surface area contributed by atoms with E-state index in [0.717, 1.165) is 0 Å². The lowest BCUT2D eigenvalue weighted by Crippen LogP contribution is -2.32. The number of aliphatic carboxylic acids is 1. The minimum atomic E-state index is -1.08. The molecule has 1 heterocycles. The zero-order chi connectivity index (χ0) is 16.1. The third kappa shape index (κ3) is 3.70. The van der Waals surface area contributed by atoms with E-state index >= 15 is 0 Å². The molecular formula is C15H15NO6. The van der Waals surface area contributed by atoms with Crippen molar-refractivity contribution in [3.63, 3.8) is 0 Å². The summed E-state index contributed by atoms with van der Waals surface area (Å²) >= 11 is 0. The van der Waals surface area contributed by atoms with Gasteiger partial charge in [0, 0.05) is 11.9 Å². The van der Waals surface area contributed by atoms with E-state index in [1.165, 1.54) is 13.0 Å². The molecule has 0 saturated carbocycles. The zero-order valence-corrected chi connectivity index (χ0v) is 11.9. The third-order valence-electron chi connectivity index (χ3n) is 2.99. The molecule has 0 aliphatic rings. The number of carbonyl (C=O) groups is 2. The molecule has 1 amide bonds. The molecule has 0 fully saturated rings. The van der Waals surface area contributed by atoms with Gasteiger partial charge in [-0.3, -0.25) is 4.79 Å². The van der Waals surface area contributed by atoms with Crippen LogP contribution in [-0.2, 0) is 9.53 Å². The number of carbonyl (C=O) groups excluding carboxylic acids is 1. The number of carboxylic acids is 1. The molecule has 2 rings (SSSR count). The first-order valence-electron chi connectivity index (χ1n) is 6.64. The Kier molecular flexibility index (Phi) is 4.90. The smallest absolute Gasteiger partial charge is 0.349 e. The van der Waals surface area contributed by atoms with Crippen molar-refractivity contribution >= 4 is 22.8 Å². The number of nitrogens with one attached hydrogen (secondary N) is 1. The number of rotatable bonds is 6. The van der Waals surface area contributed by atoms with Crippen molar-refractivity contribution in [3.05, 3.63) is 46.3 Å². The topological polar surface area (TPSA) is 106 Å². The highest BCUT2D eigenvalue weighted by Crippen LogP contribution is 2.12. The number of fused-ring (bicyclic) bond motifs is 1. The van der Waals surface area contributed by atoms with Crippen LogP contribution in [0, 0.1) is 0 Å². The number of hydrogen-bond acceptors (Lipinski definition) is 5. The lowest BCUT2D eigenvalue weighted by atomic mass is 10.2. The highest BCUT2D eigenvalue weighted by molar-refractivity contribution is 5.96. The number of para-hydroxylation sites is 1. The molecule has 7 heteroatoms. The van der Waals surface area contributed by atoms with Gasteiger partial charge >= 0.3 is 11.6 Å². The lowest BCUT2D eigenvalue weighted by molar-refractivity contribution is -0.148. The minimum absolute atomic E-state index is 0.0259. The van der Waals surface area contributed by atoms with E-state index in [0.29, 0.717) is 11.0 Å². The lowest BCUT2D eigenvalue weighted by Gasteiger charge is -2.09. The molecule has 0 aliphatic heterocycles. The van der Waals surface area contributed by atoms with Gasteiger partial charge in [0.15, 0.2) is 6.10 Å². The molecule has 1 unspecified atom stereocenters. The number of benzene rings is 1. The number of carboxylic acid groups (broad SMARTS) is 1. The number of amides is 1. The summed E-state index contributed by atoms with van der Waals surface area (Å²) in [6.07, 6.45) is -0.956. The van der Waals surface area contributed by atoms with Gasteiger partial charge in [0.1, 0.15) is 11.1 Å².